The molecule has 4 fully saturated rings. The molecule has 2 aromatic heterocycles. The number of benzene rings is 6. The van der Waals surface area contributed by atoms with Gasteiger partial charge in [-0.25, -0.2) is 4.85 Å². The summed E-state index contributed by atoms with van der Waals surface area (Å²) >= 11 is 0. The fraction of sp³-hybridized carbons (Fsp3) is 0.493. The van der Waals surface area contributed by atoms with Crippen LogP contribution >= 0.6 is 0 Å². The molecule has 0 saturated heterocycles. The number of nitriles is 1. The highest BCUT2D eigenvalue weighted by molar-refractivity contribution is 6.34. The molecule has 0 spiro atoms. The number of fused-ring (bicyclic) bond motifs is 18. The first-order chi connectivity index (χ1) is 37.1. The lowest BCUT2D eigenvalue weighted by Crippen LogP contribution is -2.53. The molecule has 0 bridgehead atoms. The van der Waals surface area contributed by atoms with Gasteiger partial charge in [0.1, 0.15) is 0 Å². The van der Waals surface area contributed by atoms with E-state index in [2.05, 4.69) is 172 Å². The van der Waals surface area contributed by atoms with Gasteiger partial charge in [-0.2, -0.15) is 5.26 Å². The Balaban J connectivity index is 1.20. The van der Waals surface area contributed by atoms with Crippen LogP contribution in [0.1, 0.15) is 236 Å². The van der Waals surface area contributed by atoms with Crippen LogP contribution in [0.3, 0.4) is 0 Å². The molecule has 0 amide bonds. The number of nitrogens with zero attached hydrogens (tertiary/aromatic N) is 3. The van der Waals surface area contributed by atoms with Crippen molar-refractivity contribution in [2.45, 2.75) is 213 Å². The lowest BCUT2D eigenvalue weighted by Gasteiger charge is -2.57. The van der Waals surface area contributed by atoms with Crippen LogP contribution in [0.25, 0.3) is 76.3 Å². The minimum absolute atomic E-state index is 0.0191. The maximum absolute atomic E-state index is 12.2. The molecule has 4 saturated carbocycles. The van der Waals surface area contributed by atoms with Crippen molar-refractivity contribution in [2.24, 2.45) is 21.7 Å². The van der Waals surface area contributed by atoms with E-state index in [4.69, 9.17) is 4.85 Å². The Morgan fingerprint density at radius 3 is 1.41 bits per heavy atom. The van der Waals surface area contributed by atoms with Crippen LogP contribution in [0.15, 0.2) is 78.9 Å². The summed E-state index contributed by atoms with van der Waals surface area (Å²) in [5.41, 5.74) is 23.3. The van der Waals surface area contributed by atoms with E-state index in [1.807, 2.05) is 0 Å². The molecule has 0 radical (unpaired) electrons. The summed E-state index contributed by atoms with van der Waals surface area (Å²) in [6, 6.07) is 35.1. The molecule has 2 heterocycles. The summed E-state index contributed by atoms with van der Waals surface area (Å²) in [5.74, 6) is 0. The molecule has 3 heteroatoms. The smallest absolute Gasteiger partial charge is 0.194 e. The minimum Gasteiger partial charge on any atom is -0.309 e. The number of hydrogen-bond donors (Lipinski definition) is 0. The predicted octanol–water partition coefficient (Wildman–Crippen LogP) is 21.0. The van der Waals surface area contributed by atoms with Crippen LogP contribution in [-0.4, -0.2) is 4.40 Å². The highest BCUT2D eigenvalue weighted by Gasteiger charge is 2.68. The van der Waals surface area contributed by atoms with Gasteiger partial charge in [0, 0.05) is 43.3 Å². The van der Waals surface area contributed by atoms with Crippen LogP contribution in [-0.2, 0) is 27.1 Å². The standard InChI is InChI=1S/C75H81N3/c1-67(2,3)45-27-29-49-52(39-45)74(70(9)30-16-17-31-70,71(10)32-18-19-33-71)64-44(43-76)38-56-62(61(49)64)63-58-47-24-14-15-25-51(47)69(7,8)54(58)41-50-59-57(78(56)66(50)63)42-55(77-13)65-60(59)48-28-26-46(68(4,5)6)40-53(48)75(65,72(11)34-20-21-35-72)73(12)36-22-23-37-73/h14-15,24-29,38-42H,16-23,30-37H2,1-12H3. The Morgan fingerprint density at radius 1 is 0.487 bits per heavy atom. The van der Waals surface area contributed by atoms with Crippen LogP contribution in [0.4, 0.5) is 5.69 Å². The van der Waals surface area contributed by atoms with Gasteiger partial charge in [0.05, 0.1) is 29.2 Å². The molecule has 396 valence electrons. The Hall–Kier alpha value is -5.90. The first-order valence-electron chi connectivity index (χ1n) is 30.7. The summed E-state index contributed by atoms with van der Waals surface area (Å²) in [4.78, 5) is 4.84. The predicted molar refractivity (Wildman–Crippen MR) is 326 cm³/mol. The summed E-state index contributed by atoms with van der Waals surface area (Å²) < 4.78 is 2.62. The highest BCUT2D eigenvalue weighted by atomic mass is 14.9. The van der Waals surface area contributed by atoms with Crippen LogP contribution in [0.2, 0.25) is 0 Å². The van der Waals surface area contributed by atoms with Crippen LogP contribution < -0.4 is 0 Å². The van der Waals surface area contributed by atoms with Crippen molar-refractivity contribution in [3.63, 3.8) is 0 Å². The molecule has 0 atom stereocenters. The Kier molecular flexibility index (Phi) is 9.65. The fourth-order valence-electron chi connectivity index (χ4n) is 21.0. The van der Waals surface area contributed by atoms with Gasteiger partial charge in [0.15, 0.2) is 5.69 Å². The summed E-state index contributed by atoms with van der Waals surface area (Å²) in [6.45, 7) is 39.4. The van der Waals surface area contributed by atoms with Gasteiger partial charge in [-0.3, -0.25) is 0 Å². The molecule has 3 nitrogen and oxygen atoms in total. The van der Waals surface area contributed by atoms with E-state index in [0.29, 0.717) is 0 Å². The van der Waals surface area contributed by atoms with E-state index < -0.39 is 0 Å². The van der Waals surface area contributed by atoms with Crippen molar-refractivity contribution in [1.82, 2.24) is 4.40 Å². The second-order valence-corrected chi connectivity index (χ2v) is 30.5. The van der Waals surface area contributed by atoms with E-state index in [9.17, 15) is 11.8 Å². The molecule has 7 aliphatic rings. The van der Waals surface area contributed by atoms with Gasteiger partial charge < -0.3 is 4.40 Å². The van der Waals surface area contributed by atoms with Crippen molar-refractivity contribution in [2.75, 3.05) is 0 Å². The highest BCUT2D eigenvalue weighted by Crippen LogP contribution is 2.77. The van der Waals surface area contributed by atoms with Crippen LogP contribution in [0, 0.1) is 39.6 Å². The number of rotatable bonds is 4. The van der Waals surface area contributed by atoms with E-state index in [1.54, 1.807) is 0 Å². The molecule has 6 aromatic carbocycles. The van der Waals surface area contributed by atoms with E-state index in [-0.39, 0.29) is 48.7 Å². The van der Waals surface area contributed by atoms with E-state index in [0.717, 1.165) is 22.3 Å². The molecule has 8 aromatic rings. The van der Waals surface area contributed by atoms with Gasteiger partial charge in [0.2, 0.25) is 0 Å². The van der Waals surface area contributed by atoms with Crippen molar-refractivity contribution >= 4 is 43.8 Å². The maximum Gasteiger partial charge on any atom is 0.194 e. The zero-order chi connectivity index (χ0) is 54.3. The first kappa shape index (κ1) is 49.2. The molecule has 0 unspecified atom stereocenters. The largest absolute Gasteiger partial charge is 0.309 e. The van der Waals surface area contributed by atoms with Crippen LogP contribution in [0.5, 0.6) is 0 Å². The van der Waals surface area contributed by atoms with Gasteiger partial charge in [-0.1, -0.05) is 195 Å². The Labute approximate surface area is 465 Å². The number of hydrogen-bond acceptors (Lipinski definition) is 1. The normalized spacial score (nSPS) is 22.2. The van der Waals surface area contributed by atoms with E-state index in [1.165, 1.54) is 208 Å². The zero-order valence-electron chi connectivity index (χ0n) is 49.2. The third-order valence-corrected chi connectivity index (χ3v) is 24.2. The third kappa shape index (κ3) is 5.48. The molecule has 0 N–H and O–H groups in total. The quantitative estimate of drug-likeness (QED) is 0.162. The first-order valence-corrected chi connectivity index (χ1v) is 30.7. The van der Waals surface area contributed by atoms with Gasteiger partial charge in [-0.15, -0.1) is 0 Å². The summed E-state index contributed by atoms with van der Waals surface area (Å²) in [5, 5.41) is 17.5. The van der Waals surface area contributed by atoms with E-state index >= 15 is 0 Å². The minimum atomic E-state index is -0.351. The van der Waals surface area contributed by atoms with Crippen molar-refractivity contribution in [1.29, 1.82) is 5.26 Å². The summed E-state index contributed by atoms with van der Waals surface area (Å²) in [6.07, 6.45) is 19.3. The van der Waals surface area contributed by atoms with Gasteiger partial charge in [0.25, 0.3) is 0 Å². The molecular formula is C75H81N3. The molecule has 15 rings (SSSR count). The topological polar surface area (TPSA) is 32.6 Å². The maximum atomic E-state index is 12.2. The Bertz CT molecular complexity index is 4010. The third-order valence-electron chi connectivity index (χ3n) is 24.2. The summed E-state index contributed by atoms with van der Waals surface area (Å²) in [7, 11) is 0. The fourth-order valence-corrected chi connectivity index (χ4v) is 21.0. The second kappa shape index (κ2) is 15.3. The Morgan fingerprint density at radius 2 is 0.936 bits per heavy atom. The van der Waals surface area contributed by atoms with Crippen molar-refractivity contribution in [3.8, 4) is 39.4 Å². The van der Waals surface area contributed by atoms with Gasteiger partial charge in [-0.05, 0) is 180 Å². The zero-order valence-corrected chi connectivity index (χ0v) is 49.2. The average Bonchev–Trinajstić information content (AvgIpc) is 2.54. The molecule has 78 heavy (non-hydrogen) atoms. The van der Waals surface area contributed by atoms with Crippen molar-refractivity contribution in [3.05, 3.63) is 140 Å². The number of aromatic nitrogens is 1. The monoisotopic (exact) mass is 1020 g/mol. The second-order valence-electron chi connectivity index (χ2n) is 30.5. The molecule has 0 aliphatic heterocycles. The van der Waals surface area contributed by atoms with Crippen molar-refractivity contribution < 1.29 is 0 Å². The molecule has 7 aliphatic carbocycles. The molecular weight excluding hydrogens is 943 g/mol. The SMILES string of the molecule is [C-]#[N+]c1cc2c(c3c1C(C1(C)CCCC1)(C1(C)CCCC1)c1cc(C(C)(C)C)ccc1-3)c1cc3c(c4c5c6c(c(C#N)cc5n2c14)C(C1(C)CCCC1)(C1(C)CCCC1)c1cc(C(C)(C)C)ccc1-6)-c1ccccc1C3(C)C. The lowest BCUT2D eigenvalue weighted by molar-refractivity contribution is 0.0459. The average molecular weight is 1020 g/mol. The van der Waals surface area contributed by atoms with Gasteiger partial charge >= 0.3 is 0 Å². The lowest BCUT2D eigenvalue weighted by atomic mass is 9.46.